The molecule has 140 valence electrons. The summed E-state index contributed by atoms with van der Waals surface area (Å²) < 4.78 is 6.04. The minimum Gasteiger partial charge on any atom is -0.452 e. The van der Waals surface area contributed by atoms with Gasteiger partial charge in [0.05, 0.1) is 11.3 Å². The zero-order valence-corrected chi connectivity index (χ0v) is 16.9. The molecule has 0 heterocycles. The number of hydrogen-bond donors (Lipinski definition) is 1. The number of carbonyl (C=O) groups excluding carboxylic acids is 3. The van der Waals surface area contributed by atoms with Crippen molar-refractivity contribution in [3.05, 3.63) is 99.1 Å². The van der Waals surface area contributed by atoms with E-state index in [1.807, 2.05) is 6.07 Å². The number of halogens is 1. The van der Waals surface area contributed by atoms with Crippen molar-refractivity contribution < 1.29 is 19.1 Å². The van der Waals surface area contributed by atoms with E-state index in [-0.39, 0.29) is 5.78 Å². The first-order valence-corrected chi connectivity index (χ1v) is 9.54. The van der Waals surface area contributed by atoms with Crippen LogP contribution < -0.4 is 5.32 Å². The van der Waals surface area contributed by atoms with Crippen LogP contribution in [0.25, 0.3) is 0 Å². The molecule has 3 aromatic carbocycles. The van der Waals surface area contributed by atoms with Gasteiger partial charge in [0.15, 0.2) is 12.4 Å². The van der Waals surface area contributed by atoms with E-state index in [9.17, 15) is 14.4 Å². The number of esters is 1. The van der Waals surface area contributed by atoms with Crippen molar-refractivity contribution in [3.8, 4) is 0 Å². The monoisotopic (exact) mass is 485 g/mol. The zero-order chi connectivity index (χ0) is 19.9. The normalized spacial score (nSPS) is 10.2. The molecule has 0 radical (unpaired) electrons. The van der Waals surface area contributed by atoms with Gasteiger partial charge in [0.25, 0.3) is 5.91 Å². The molecule has 0 saturated heterocycles. The lowest BCUT2D eigenvalue weighted by Crippen LogP contribution is -2.22. The Morgan fingerprint density at radius 1 is 0.786 bits per heavy atom. The van der Waals surface area contributed by atoms with Crippen LogP contribution in [-0.4, -0.2) is 24.3 Å². The maximum Gasteiger partial charge on any atom is 0.338 e. The quantitative estimate of drug-likeness (QED) is 0.321. The minimum absolute atomic E-state index is 0.201. The summed E-state index contributed by atoms with van der Waals surface area (Å²) in [5, 5.41) is 2.64. The summed E-state index contributed by atoms with van der Waals surface area (Å²) in [5.41, 5.74) is 1.62. The van der Waals surface area contributed by atoms with Gasteiger partial charge in [-0.25, -0.2) is 4.79 Å². The fourth-order valence-electron chi connectivity index (χ4n) is 2.52. The molecule has 3 rings (SSSR count). The molecular formula is C22H16INO4. The van der Waals surface area contributed by atoms with Gasteiger partial charge in [-0.2, -0.15) is 0 Å². The molecule has 0 aliphatic heterocycles. The van der Waals surface area contributed by atoms with E-state index in [4.69, 9.17) is 4.74 Å². The van der Waals surface area contributed by atoms with Crippen LogP contribution in [0.15, 0.2) is 78.9 Å². The Labute approximate surface area is 175 Å². The smallest absolute Gasteiger partial charge is 0.338 e. The molecule has 1 N–H and O–H groups in total. The van der Waals surface area contributed by atoms with Crippen LogP contribution in [0, 0.1) is 3.57 Å². The average Bonchev–Trinajstić information content (AvgIpc) is 2.73. The van der Waals surface area contributed by atoms with Crippen LogP contribution in [0.2, 0.25) is 0 Å². The number of amides is 1. The van der Waals surface area contributed by atoms with E-state index < -0.39 is 18.5 Å². The predicted octanol–water partition coefficient (Wildman–Crippen LogP) is 4.32. The van der Waals surface area contributed by atoms with Crippen LogP contribution in [0.4, 0.5) is 5.69 Å². The molecule has 0 atom stereocenters. The molecule has 0 saturated carbocycles. The van der Waals surface area contributed by atoms with Crippen molar-refractivity contribution in [2.75, 3.05) is 11.9 Å². The SMILES string of the molecule is O=C(COC(=O)c1ccc(I)cc1)Nc1ccccc1C(=O)c1ccccc1. The van der Waals surface area contributed by atoms with Crippen LogP contribution >= 0.6 is 22.6 Å². The summed E-state index contributed by atoms with van der Waals surface area (Å²) in [6.07, 6.45) is 0. The third-order valence-electron chi connectivity index (χ3n) is 3.90. The van der Waals surface area contributed by atoms with Crippen LogP contribution in [0.1, 0.15) is 26.3 Å². The lowest BCUT2D eigenvalue weighted by Gasteiger charge is -2.11. The first kappa shape index (κ1) is 19.8. The van der Waals surface area contributed by atoms with Crippen molar-refractivity contribution in [3.63, 3.8) is 0 Å². The van der Waals surface area contributed by atoms with E-state index in [1.165, 1.54) is 0 Å². The second-order valence-electron chi connectivity index (χ2n) is 5.87. The van der Waals surface area contributed by atoms with Gasteiger partial charge in [-0.1, -0.05) is 42.5 Å². The maximum atomic E-state index is 12.7. The van der Waals surface area contributed by atoms with Crippen LogP contribution in [0.3, 0.4) is 0 Å². The third-order valence-corrected chi connectivity index (χ3v) is 4.62. The van der Waals surface area contributed by atoms with Crippen molar-refractivity contribution in [2.24, 2.45) is 0 Å². The van der Waals surface area contributed by atoms with E-state index in [1.54, 1.807) is 72.8 Å². The van der Waals surface area contributed by atoms with Gasteiger partial charge in [0.2, 0.25) is 0 Å². The molecule has 0 fully saturated rings. The number of rotatable bonds is 6. The molecular weight excluding hydrogens is 469 g/mol. The van der Waals surface area contributed by atoms with Crippen molar-refractivity contribution in [1.29, 1.82) is 0 Å². The molecule has 1 amide bonds. The second kappa shape index (κ2) is 9.27. The van der Waals surface area contributed by atoms with Crippen LogP contribution in [0.5, 0.6) is 0 Å². The molecule has 0 aromatic heterocycles. The Hall–Kier alpha value is -3.00. The third kappa shape index (κ3) is 5.04. The highest BCUT2D eigenvalue weighted by atomic mass is 127. The lowest BCUT2D eigenvalue weighted by molar-refractivity contribution is -0.119. The highest BCUT2D eigenvalue weighted by Gasteiger charge is 2.16. The van der Waals surface area contributed by atoms with E-state index in [2.05, 4.69) is 27.9 Å². The number of benzene rings is 3. The summed E-state index contributed by atoms with van der Waals surface area (Å²) >= 11 is 2.13. The molecule has 6 heteroatoms. The first-order chi connectivity index (χ1) is 13.5. The van der Waals surface area contributed by atoms with Gasteiger partial charge < -0.3 is 10.1 Å². The number of hydrogen-bond acceptors (Lipinski definition) is 4. The van der Waals surface area contributed by atoms with Gasteiger partial charge >= 0.3 is 5.97 Å². The van der Waals surface area contributed by atoms with Crippen molar-refractivity contribution >= 4 is 45.9 Å². The van der Waals surface area contributed by atoms with E-state index in [0.717, 1.165) is 3.57 Å². The number of para-hydroxylation sites is 1. The number of ether oxygens (including phenoxy) is 1. The molecule has 0 spiro atoms. The number of ketones is 1. The fourth-order valence-corrected chi connectivity index (χ4v) is 2.88. The molecule has 0 aliphatic carbocycles. The minimum atomic E-state index is -0.583. The summed E-state index contributed by atoms with van der Waals surface area (Å²) in [4.78, 5) is 36.9. The average molecular weight is 485 g/mol. The molecule has 0 bridgehead atoms. The van der Waals surface area contributed by atoms with Gasteiger partial charge in [0.1, 0.15) is 0 Å². The summed E-state index contributed by atoms with van der Waals surface area (Å²) in [5.74, 6) is -1.31. The molecule has 5 nitrogen and oxygen atoms in total. The topological polar surface area (TPSA) is 72.5 Å². The van der Waals surface area contributed by atoms with Gasteiger partial charge in [0, 0.05) is 14.7 Å². The summed E-state index contributed by atoms with van der Waals surface area (Å²) in [6.45, 7) is -0.446. The molecule has 0 aliphatic rings. The van der Waals surface area contributed by atoms with Crippen molar-refractivity contribution in [1.82, 2.24) is 0 Å². The predicted molar refractivity (Wildman–Crippen MR) is 114 cm³/mol. The Balaban J connectivity index is 1.65. The van der Waals surface area contributed by atoms with E-state index in [0.29, 0.717) is 22.4 Å². The molecule has 3 aromatic rings. The Morgan fingerprint density at radius 2 is 1.43 bits per heavy atom. The lowest BCUT2D eigenvalue weighted by atomic mass is 10.0. The van der Waals surface area contributed by atoms with Gasteiger partial charge in [-0.15, -0.1) is 0 Å². The Morgan fingerprint density at radius 3 is 2.14 bits per heavy atom. The van der Waals surface area contributed by atoms with Gasteiger partial charge in [-0.05, 0) is 59.0 Å². The van der Waals surface area contributed by atoms with E-state index >= 15 is 0 Å². The Kier molecular flexibility index (Phi) is 6.54. The number of nitrogens with one attached hydrogen (secondary N) is 1. The number of carbonyl (C=O) groups is 3. The molecule has 0 unspecified atom stereocenters. The van der Waals surface area contributed by atoms with Gasteiger partial charge in [-0.3, -0.25) is 9.59 Å². The first-order valence-electron chi connectivity index (χ1n) is 8.46. The summed E-state index contributed by atoms with van der Waals surface area (Å²) in [6, 6.07) is 22.4. The van der Waals surface area contributed by atoms with Crippen molar-refractivity contribution in [2.45, 2.75) is 0 Å². The summed E-state index contributed by atoms with van der Waals surface area (Å²) in [7, 11) is 0. The Bertz CT molecular complexity index is 1000. The molecule has 28 heavy (non-hydrogen) atoms. The largest absolute Gasteiger partial charge is 0.452 e. The second-order valence-corrected chi connectivity index (χ2v) is 7.12. The zero-order valence-electron chi connectivity index (χ0n) is 14.7. The number of anilines is 1. The van der Waals surface area contributed by atoms with Crippen LogP contribution in [-0.2, 0) is 9.53 Å². The highest BCUT2D eigenvalue weighted by Crippen LogP contribution is 2.19. The maximum absolute atomic E-state index is 12.7. The fraction of sp³-hybridized carbons (Fsp3) is 0.0455. The standard InChI is InChI=1S/C22H16INO4/c23-17-12-10-16(11-13-17)22(27)28-14-20(25)24-19-9-5-4-8-18(19)21(26)15-6-2-1-3-7-15/h1-13H,14H2,(H,24,25). The highest BCUT2D eigenvalue weighted by molar-refractivity contribution is 14.1.